The SMILES string of the molecule is CCCCCCC(CCCC)c1cn[nH]c(=O)c1. The molecule has 102 valence electrons. The minimum atomic E-state index is -0.0810. The van der Waals surface area contributed by atoms with Crippen molar-refractivity contribution in [1.82, 2.24) is 10.2 Å². The molecular formula is C15H26N2O. The highest BCUT2D eigenvalue weighted by Gasteiger charge is 2.11. The number of aromatic amines is 1. The van der Waals surface area contributed by atoms with Crippen LogP contribution in [-0.4, -0.2) is 10.2 Å². The number of hydrogen-bond acceptors (Lipinski definition) is 2. The van der Waals surface area contributed by atoms with E-state index in [9.17, 15) is 4.79 Å². The van der Waals surface area contributed by atoms with Crippen LogP contribution in [0.5, 0.6) is 0 Å². The first-order valence-corrected chi connectivity index (χ1v) is 7.32. The van der Waals surface area contributed by atoms with Crippen LogP contribution in [0.4, 0.5) is 0 Å². The van der Waals surface area contributed by atoms with Crippen molar-refractivity contribution in [3.8, 4) is 0 Å². The molecule has 18 heavy (non-hydrogen) atoms. The van der Waals surface area contributed by atoms with Gasteiger partial charge >= 0.3 is 0 Å². The van der Waals surface area contributed by atoms with Gasteiger partial charge in [0.25, 0.3) is 5.56 Å². The summed E-state index contributed by atoms with van der Waals surface area (Å²) in [5.41, 5.74) is 1.03. The fourth-order valence-corrected chi connectivity index (χ4v) is 2.36. The molecule has 0 saturated carbocycles. The fourth-order valence-electron chi connectivity index (χ4n) is 2.36. The third kappa shape index (κ3) is 5.48. The fraction of sp³-hybridized carbons (Fsp3) is 0.733. The van der Waals surface area contributed by atoms with Crippen molar-refractivity contribution in [2.75, 3.05) is 0 Å². The quantitative estimate of drug-likeness (QED) is 0.673. The van der Waals surface area contributed by atoms with Gasteiger partial charge in [0, 0.05) is 6.07 Å². The van der Waals surface area contributed by atoms with Crippen molar-refractivity contribution in [3.05, 3.63) is 28.2 Å². The van der Waals surface area contributed by atoms with Crippen molar-refractivity contribution in [2.45, 2.75) is 71.1 Å². The molecular weight excluding hydrogens is 224 g/mol. The number of H-pyrrole nitrogens is 1. The largest absolute Gasteiger partial charge is 0.268 e. The van der Waals surface area contributed by atoms with E-state index >= 15 is 0 Å². The Morgan fingerprint density at radius 3 is 2.50 bits per heavy atom. The van der Waals surface area contributed by atoms with Gasteiger partial charge in [-0.15, -0.1) is 0 Å². The lowest BCUT2D eigenvalue weighted by molar-refractivity contribution is 0.506. The number of rotatable bonds is 9. The van der Waals surface area contributed by atoms with Crippen molar-refractivity contribution in [1.29, 1.82) is 0 Å². The first kappa shape index (κ1) is 14.9. The number of nitrogens with zero attached hydrogens (tertiary/aromatic N) is 1. The summed E-state index contributed by atoms with van der Waals surface area (Å²) in [5.74, 6) is 0.511. The molecule has 0 saturated heterocycles. The topological polar surface area (TPSA) is 45.8 Å². The van der Waals surface area contributed by atoms with Crippen molar-refractivity contribution < 1.29 is 0 Å². The highest BCUT2D eigenvalue weighted by Crippen LogP contribution is 2.26. The Hall–Kier alpha value is -1.12. The van der Waals surface area contributed by atoms with Crippen LogP contribution in [0.25, 0.3) is 0 Å². The maximum Gasteiger partial charge on any atom is 0.264 e. The molecule has 0 aliphatic heterocycles. The molecule has 3 heteroatoms. The standard InChI is InChI=1S/C15H26N2O/c1-3-5-7-8-10-13(9-6-4-2)14-11-15(18)17-16-12-14/h11-13H,3-10H2,1-2H3,(H,17,18). The van der Waals surface area contributed by atoms with Crippen molar-refractivity contribution >= 4 is 0 Å². The normalized spacial score (nSPS) is 12.6. The minimum Gasteiger partial charge on any atom is -0.268 e. The zero-order valence-corrected chi connectivity index (χ0v) is 11.7. The zero-order valence-electron chi connectivity index (χ0n) is 11.7. The van der Waals surface area contributed by atoms with E-state index in [4.69, 9.17) is 0 Å². The third-order valence-electron chi connectivity index (χ3n) is 3.47. The minimum absolute atomic E-state index is 0.0810. The summed E-state index contributed by atoms with van der Waals surface area (Å²) in [6, 6.07) is 1.72. The summed E-state index contributed by atoms with van der Waals surface area (Å²) in [5, 5.41) is 6.37. The van der Waals surface area contributed by atoms with Crippen LogP contribution in [0.15, 0.2) is 17.1 Å². The van der Waals surface area contributed by atoms with Crippen molar-refractivity contribution in [2.24, 2.45) is 0 Å². The van der Waals surface area contributed by atoms with Crippen LogP contribution in [0, 0.1) is 0 Å². The van der Waals surface area contributed by atoms with Crippen LogP contribution >= 0.6 is 0 Å². The molecule has 0 aromatic carbocycles. The molecule has 0 amide bonds. The van der Waals surface area contributed by atoms with Crippen molar-refractivity contribution in [3.63, 3.8) is 0 Å². The maximum absolute atomic E-state index is 11.3. The Labute approximate surface area is 110 Å². The van der Waals surface area contributed by atoms with Gasteiger partial charge in [-0.2, -0.15) is 5.10 Å². The Kier molecular flexibility index (Phi) is 7.38. The van der Waals surface area contributed by atoms with Crippen LogP contribution < -0.4 is 5.56 Å². The van der Waals surface area contributed by atoms with E-state index in [1.807, 2.05) is 6.20 Å². The lowest BCUT2D eigenvalue weighted by Crippen LogP contribution is -2.10. The van der Waals surface area contributed by atoms with E-state index in [0.717, 1.165) is 5.56 Å². The molecule has 1 aromatic rings. The Morgan fingerprint density at radius 1 is 1.11 bits per heavy atom. The van der Waals surface area contributed by atoms with E-state index in [0.29, 0.717) is 5.92 Å². The molecule has 1 aromatic heterocycles. The monoisotopic (exact) mass is 250 g/mol. The Bertz CT molecular complexity index is 373. The van der Waals surface area contributed by atoms with E-state index in [1.165, 1.54) is 51.4 Å². The molecule has 0 bridgehead atoms. The molecule has 1 atom stereocenters. The Balaban J connectivity index is 2.56. The third-order valence-corrected chi connectivity index (χ3v) is 3.47. The molecule has 0 fully saturated rings. The summed E-state index contributed by atoms with van der Waals surface area (Å²) >= 11 is 0. The lowest BCUT2D eigenvalue weighted by Gasteiger charge is -2.16. The van der Waals surface area contributed by atoms with Gasteiger partial charge in [0.1, 0.15) is 0 Å². The second-order valence-corrected chi connectivity index (χ2v) is 5.07. The predicted molar refractivity (Wildman–Crippen MR) is 75.9 cm³/mol. The van der Waals surface area contributed by atoms with Gasteiger partial charge in [0.15, 0.2) is 0 Å². The van der Waals surface area contributed by atoms with Crippen LogP contribution in [0.3, 0.4) is 0 Å². The van der Waals surface area contributed by atoms with Gasteiger partial charge in [0.2, 0.25) is 0 Å². The van der Waals surface area contributed by atoms with Crippen LogP contribution in [0.2, 0.25) is 0 Å². The van der Waals surface area contributed by atoms with Gasteiger partial charge in [-0.25, -0.2) is 5.10 Å². The smallest absolute Gasteiger partial charge is 0.264 e. The van der Waals surface area contributed by atoms with E-state index in [1.54, 1.807) is 6.07 Å². The molecule has 0 aliphatic carbocycles. The first-order chi connectivity index (χ1) is 8.77. The molecule has 1 unspecified atom stereocenters. The van der Waals surface area contributed by atoms with E-state index < -0.39 is 0 Å². The summed E-state index contributed by atoms with van der Waals surface area (Å²) in [6.45, 7) is 4.44. The average Bonchev–Trinajstić information content (AvgIpc) is 2.38. The first-order valence-electron chi connectivity index (χ1n) is 7.32. The van der Waals surface area contributed by atoms with Crippen LogP contribution in [0.1, 0.15) is 76.7 Å². The van der Waals surface area contributed by atoms with Gasteiger partial charge in [-0.05, 0) is 24.3 Å². The van der Waals surface area contributed by atoms with Gasteiger partial charge in [0.05, 0.1) is 6.20 Å². The molecule has 0 aliphatic rings. The maximum atomic E-state index is 11.3. The number of hydrogen-bond donors (Lipinski definition) is 1. The van der Waals surface area contributed by atoms with Gasteiger partial charge < -0.3 is 0 Å². The second kappa shape index (κ2) is 8.90. The molecule has 1 rings (SSSR count). The zero-order chi connectivity index (χ0) is 13.2. The van der Waals surface area contributed by atoms with Crippen LogP contribution in [-0.2, 0) is 0 Å². The summed E-state index contributed by atoms with van der Waals surface area (Å²) in [7, 11) is 0. The lowest BCUT2D eigenvalue weighted by atomic mass is 9.90. The number of aromatic nitrogens is 2. The van der Waals surface area contributed by atoms with E-state index in [2.05, 4.69) is 24.0 Å². The molecule has 1 N–H and O–H groups in total. The second-order valence-electron chi connectivity index (χ2n) is 5.07. The van der Waals surface area contributed by atoms with E-state index in [-0.39, 0.29) is 5.56 Å². The number of unbranched alkanes of at least 4 members (excludes halogenated alkanes) is 4. The average molecular weight is 250 g/mol. The summed E-state index contributed by atoms with van der Waals surface area (Å²) in [4.78, 5) is 11.3. The number of nitrogens with one attached hydrogen (secondary N) is 1. The predicted octanol–water partition coefficient (Wildman–Crippen LogP) is 4.01. The highest BCUT2D eigenvalue weighted by atomic mass is 16.1. The summed E-state index contributed by atoms with van der Waals surface area (Å²) in [6.07, 6.45) is 11.8. The summed E-state index contributed by atoms with van der Waals surface area (Å²) < 4.78 is 0. The molecule has 0 radical (unpaired) electrons. The molecule has 1 heterocycles. The molecule has 0 spiro atoms. The molecule has 3 nitrogen and oxygen atoms in total. The van der Waals surface area contributed by atoms with Gasteiger partial charge in [-0.3, -0.25) is 4.79 Å². The highest BCUT2D eigenvalue weighted by molar-refractivity contribution is 5.12. The van der Waals surface area contributed by atoms with Gasteiger partial charge in [-0.1, -0.05) is 52.4 Å². The Morgan fingerprint density at radius 2 is 1.83 bits per heavy atom.